The van der Waals surface area contributed by atoms with Crippen molar-refractivity contribution in [1.82, 2.24) is 0 Å². The smallest absolute Gasteiger partial charge is 0.234 e. The summed E-state index contributed by atoms with van der Waals surface area (Å²) in [4.78, 5) is 22.2. The summed E-state index contributed by atoms with van der Waals surface area (Å²) >= 11 is 0. The van der Waals surface area contributed by atoms with E-state index in [4.69, 9.17) is 11.5 Å². The maximum atomic E-state index is 12.6. The van der Waals surface area contributed by atoms with Crippen molar-refractivity contribution < 1.29 is 14.0 Å². The Morgan fingerprint density at radius 2 is 1.81 bits per heavy atom. The fourth-order valence-electron chi connectivity index (χ4n) is 1.21. The van der Waals surface area contributed by atoms with Crippen LogP contribution in [0, 0.1) is 5.82 Å². The minimum absolute atomic E-state index is 0.121. The van der Waals surface area contributed by atoms with Crippen molar-refractivity contribution in [2.45, 2.75) is 18.9 Å². The van der Waals surface area contributed by atoms with Crippen molar-refractivity contribution in [1.29, 1.82) is 0 Å². The fourth-order valence-corrected chi connectivity index (χ4v) is 1.21. The minimum Gasteiger partial charge on any atom is -0.368 e. The maximum absolute atomic E-state index is 12.6. The van der Waals surface area contributed by atoms with Crippen molar-refractivity contribution in [3.05, 3.63) is 35.6 Å². The number of amides is 1. The predicted octanol–water partition coefficient (Wildman–Crippen LogP) is 0.601. The molecule has 1 amide bonds. The molecule has 1 atom stereocenters. The SMILES string of the molecule is NC(=O)C(N)CCC(=O)c1ccc(F)cc1. The summed E-state index contributed by atoms with van der Waals surface area (Å²) in [7, 11) is 0. The lowest BCUT2D eigenvalue weighted by molar-refractivity contribution is -0.119. The van der Waals surface area contributed by atoms with Crippen LogP contribution in [0.5, 0.6) is 0 Å². The van der Waals surface area contributed by atoms with Gasteiger partial charge >= 0.3 is 0 Å². The number of hydrogen-bond acceptors (Lipinski definition) is 3. The molecule has 0 aliphatic heterocycles. The molecular formula is C11H13FN2O2. The summed E-state index contributed by atoms with van der Waals surface area (Å²) < 4.78 is 12.6. The van der Waals surface area contributed by atoms with Crippen LogP contribution >= 0.6 is 0 Å². The zero-order chi connectivity index (χ0) is 12.1. The molecule has 0 aromatic heterocycles. The van der Waals surface area contributed by atoms with E-state index in [9.17, 15) is 14.0 Å². The van der Waals surface area contributed by atoms with Crippen molar-refractivity contribution in [2.75, 3.05) is 0 Å². The Labute approximate surface area is 92.4 Å². The summed E-state index contributed by atoms with van der Waals surface area (Å²) in [6.45, 7) is 0. The monoisotopic (exact) mass is 224 g/mol. The standard InChI is InChI=1S/C11H13FN2O2/c12-8-3-1-7(2-4-8)10(15)6-5-9(13)11(14)16/h1-4,9H,5-6,13H2,(H2,14,16). The fraction of sp³-hybridized carbons (Fsp3) is 0.273. The summed E-state index contributed by atoms with van der Waals surface area (Å²) in [5.41, 5.74) is 10.7. The molecule has 16 heavy (non-hydrogen) atoms. The van der Waals surface area contributed by atoms with Crippen molar-refractivity contribution in [3.63, 3.8) is 0 Å². The third-order valence-electron chi connectivity index (χ3n) is 2.21. The van der Waals surface area contributed by atoms with E-state index in [-0.39, 0.29) is 18.6 Å². The molecule has 1 aromatic rings. The zero-order valence-electron chi connectivity index (χ0n) is 8.65. The molecule has 0 aliphatic carbocycles. The van der Waals surface area contributed by atoms with Gasteiger partial charge in [-0.25, -0.2) is 4.39 Å². The molecule has 0 saturated carbocycles. The van der Waals surface area contributed by atoms with E-state index >= 15 is 0 Å². The van der Waals surface area contributed by atoms with Crippen molar-refractivity contribution in [2.24, 2.45) is 11.5 Å². The number of primary amides is 1. The molecule has 0 saturated heterocycles. The Kier molecular flexibility index (Phi) is 4.13. The number of carbonyl (C=O) groups is 2. The molecule has 1 aromatic carbocycles. The molecule has 0 aliphatic rings. The Balaban J connectivity index is 2.53. The Hall–Kier alpha value is -1.75. The first-order valence-corrected chi connectivity index (χ1v) is 4.84. The van der Waals surface area contributed by atoms with Crippen LogP contribution in [0.15, 0.2) is 24.3 Å². The molecule has 0 fully saturated rings. The van der Waals surface area contributed by atoms with Gasteiger partial charge in [-0.1, -0.05) is 0 Å². The molecule has 4 nitrogen and oxygen atoms in total. The van der Waals surface area contributed by atoms with Gasteiger partial charge < -0.3 is 11.5 Å². The molecular weight excluding hydrogens is 211 g/mol. The number of nitrogens with two attached hydrogens (primary N) is 2. The number of ketones is 1. The third kappa shape index (κ3) is 3.43. The van der Waals surface area contributed by atoms with Gasteiger partial charge in [-0.15, -0.1) is 0 Å². The third-order valence-corrected chi connectivity index (χ3v) is 2.21. The van der Waals surface area contributed by atoms with Gasteiger partial charge in [0.1, 0.15) is 5.82 Å². The summed E-state index contributed by atoms with van der Waals surface area (Å²) in [6, 6.07) is 4.40. The molecule has 0 bridgehead atoms. The highest BCUT2D eigenvalue weighted by atomic mass is 19.1. The van der Waals surface area contributed by atoms with E-state index in [2.05, 4.69) is 0 Å². The van der Waals surface area contributed by atoms with Crippen molar-refractivity contribution >= 4 is 11.7 Å². The van der Waals surface area contributed by atoms with Gasteiger partial charge in [-0.3, -0.25) is 9.59 Å². The number of rotatable bonds is 5. The van der Waals surface area contributed by atoms with Gasteiger partial charge in [0.2, 0.25) is 5.91 Å². The van der Waals surface area contributed by atoms with Gasteiger partial charge in [0, 0.05) is 12.0 Å². The van der Waals surface area contributed by atoms with Gasteiger partial charge in [-0.05, 0) is 30.7 Å². The number of hydrogen-bond donors (Lipinski definition) is 2. The lowest BCUT2D eigenvalue weighted by Crippen LogP contribution is -2.36. The van der Waals surface area contributed by atoms with Gasteiger partial charge in [0.25, 0.3) is 0 Å². The first-order valence-electron chi connectivity index (χ1n) is 4.84. The average molecular weight is 224 g/mol. The molecule has 0 spiro atoms. The highest BCUT2D eigenvalue weighted by Gasteiger charge is 2.12. The topological polar surface area (TPSA) is 86.2 Å². The quantitative estimate of drug-likeness (QED) is 0.718. The maximum Gasteiger partial charge on any atom is 0.234 e. The lowest BCUT2D eigenvalue weighted by atomic mass is 10.0. The molecule has 1 unspecified atom stereocenters. The second-order valence-corrected chi connectivity index (χ2v) is 3.48. The van der Waals surface area contributed by atoms with Crippen LogP contribution in [-0.2, 0) is 4.79 Å². The van der Waals surface area contributed by atoms with Gasteiger partial charge in [0.05, 0.1) is 6.04 Å². The number of halogens is 1. The second kappa shape index (κ2) is 5.37. The van der Waals surface area contributed by atoms with E-state index in [0.717, 1.165) is 0 Å². The van der Waals surface area contributed by atoms with Crippen LogP contribution in [0.4, 0.5) is 4.39 Å². The van der Waals surface area contributed by atoms with E-state index in [1.54, 1.807) is 0 Å². The highest BCUT2D eigenvalue weighted by molar-refractivity contribution is 5.96. The van der Waals surface area contributed by atoms with E-state index in [0.29, 0.717) is 5.56 Å². The minimum atomic E-state index is -0.815. The highest BCUT2D eigenvalue weighted by Crippen LogP contribution is 2.08. The predicted molar refractivity (Wildman–Crippen MR) is 57.1 cm³/mol. The number of benzene rings is 1. The normalized spacial score (nSPS) is 12.1. The first-order chi connectivity index (χ1) is 7.50. The number of carbonyl (C=O) groups excluding carboxylic acids is 2. The van der Waals surface area contributed by atoms with Crippen LogP contribution in [0.3, 0.4) is 0 Å². The zero-order valence-corrected chi connectivity index (χ0v) is 8.65. The molecule has 86 valence electrons. The Morgan fingerprint density at radius 3 is 2.31 bits per heavy atom. The number of Topliss-reactive ketones (excluding diaryl/α,β-unsaturated/α-hetero) is 1. The van der Waals surface area contributed by atoms with Crippen LogP contribution in [0.2, 0.25) is 0 Å². The molecule has 0 radical (unpaired) electrons. The summed E-state index contributed by atoms with van der Waals surface area (Å²) in [5, 5.41) is 0. The molecule has 0 heterocycles. The second-order valence-electron chi connectivity index (χ2n) is 3.48. The van der Waals surface area contributed by atoms with Crippen LogP contribution in [0.1, 0.15) is 23.2 Å². The van der Waals surface area contributed by atoms with Crippen LogP contribution in [-0.4, -0.2) is 17.7 Å². The summed E-state index contributed by atoms with van der Waals surface area (Å²) in [5.74, 6) is -1.21. The first kappa shape index (κ1) is 12.3. The largest absolute Gasteiger partial charge is 0.368 e. The van der Waals surface area contributed by atoms with Gasteiger partial charge in [-0.2, -0.15) is 0 Å². The average Bonchev–Trinajstić information content (AvgIpc) is 2.26. The van der Waals surface area contributed by atoms with Crippen molar-refractivity contribution in [3.8, 4) is 0 Å². The van der Waals surface area contributed by atoms with E-state index < -0.39 is 17.8 Å². The van der Waals surface area contributed by atoms with E-state index in [1.165, 1.54) is 24.3 Å². The van der Waals surface area contributed by atoms with Crippen LogP contribution in [0.25, 0.3) is 0 Å². The molecule has 5 heteroatoms. The van der Waals surface area contributed by atoms with Crippen LogP contribution < -0.4 is 11.5 Å². The van der Waals surface area contributed by atoms with E-state index in [1.807, 2.05) is 0 Å². The molecule has 1 rings (SSSR count). The lowest BCUT2D eigenvalue weighted by Gasteiger charge is -2.06. The Bertz CT molecular complexity index is 389. The summed E-state index contributed by atoms with van der Waals surface area (Å²) in [6.07, 6.45) is 0.321. The molecule has 4 N–H and O–H groups in total. The van der Waals surface area contributed by atoms with Gasteiger partial charge in [0.15, 0.2) is 5.78 Å². The Morgan fingerprint density at radius 1 is 1.25 bits per heavy atom.